The summed E-state index contributed by atoms with van der Waals surface area (Å²) in [5, 5.41) is 21.8. The van der Waals surface area contributed by atoms with Crippen LogP contribution in [0.3, 0.4) is 0 Å². The number of carbonyl (C=O) groups is 2. The number of hydrogen-bond acceptors (Lipinski definition) is 6. The summed E-state index contributed by atoms with van der Waals surface area (Å²) in [4.78, 5) is 25.1. The van der Waals surface area contributed by atoms with Crippen molar-refractivity contribution in [1.29, 1.82) is 0 Å². The van der Waals surface area contributed by atoms with Crippen molar-refractivity contribution >= 4 is 34.5 Å². The molecule has 3 rings (SSSR count). The van der Waals surface area contributed by atoms with E-state index in [4.69, 9.17) is 4.74 Å². The van der Waals surface area contributed by atoms with Crippen LogP contribution in [0.4, 0.5) is 0 Å². The van der Waals surface area contributed by atoms with Gasteiger partial charge in [0.2, 0.25) is 0 Å². The van der Waals surface area contributed by atoms with Gasteiger partial charge in [-0.1, -0.05) is 24.3 Å². The van der Waals surface area contributed by atoms with Crippen molar-refractivity contribution in [3.8, 4) is 5.75 Å². The van der Waals surface area contributed by atoms with Crippen molar-refractivity contribution in [3.05, 3.63) is 74.6 Å². The summed E-state index contributed by atoms with van der Waals surface area (Å²) >= 11 is 2.84. The molecule has 0 aliphatic heterocycles. The van der Waals surface area contributed by atoms with Gasteiger partial charge in [-0.25, -0.2) is 0 Å². The second-order valence-electron chi connectivity index (χ2n) is 6.03. The Labute approximate surface area is 170 Å². The molecule has 0 unspecified atom stereocenters. The minimum absolute atomic E-state index is 0.106. The predicted octanol–water partition coefficient (Wildman–Crippen LogP) is 2.49. The molecular formula is C20H20N2O4S2. The lowest BCUT2D eigenvalue weighted by molar-refractivity contribution is -0.139. The standard InChI is InChI=1S/C20H20N2O4S2/c1-26-16-6-3-2-5-14(16)11-21-18(23)19(24)22-13-20(25,15-8-10-27-12-15)17-7-4-9-28-17/h2-10,12,25H,11,13H2,1H3,(H,21,23)(H,22,24)/t20-/m0/s1. The molecule has 2 aromatic heterocycles. The van der Waals surface area contributed by atoms with E-state index in [-0.39, 0.29) is 13.1 Å². The van der Waals surface area contributed by atoms with Crippen molar-refractivity contribution in [2.75, 3.05) is 13.7 Å². The van der Waals surface area contributed by atoms with E-state index < -0.39 is 17.4 Å². The van der Waals surface area contributed by atoms with Gasteiger partial charge in [0, 0.05) is 22.5 Å². The molecule has 0 aliphatic rings. The minimum Gasteiger partial charge on any atom is -0.496 e. The molecule has 2 amide bonds. The van der Waals surface area contributed by atoms with Crippen LogP contribution >= 0.6 is 22.7 Å². The van der Waals surface area contributed by atoms with E-state index in [2.05, 4.69) is 10.6 Å². The molecular weight excluding hydrogens is 396 g/mol. The van der Waals surface area contributed by atoms with E-state index in [9.17, 15) is 14.7 Å². The highest BCUT2D eigenvalue weighted by molar-refractivity contribution is 7.10. The van der Waals surface area contributed by atoms with Crippen molar-refractivity contribution in [3.63, 3.8) is 0 Å². The third-order valence-corrected chi connectivity index (χ3v) is 5.97. The highest BCUT2D eigenvalue weighted by atomic mass is 32.1. The largest absolute Gasteiger partial charge is 0.496 e. The van der Waals surface area contributed by atoms with E-state index in [0.717, 1.165) is 5.56 Å². The fourth-order valence-corrected chi connectivity index (χ4v) is 4.31. The molecule has 0 fully saturated rings. The van der Waals surface area contributed by atoms with Crippen molar-refractivity contribution < 1.29 is 19.4 Å². The van der Waals surface area contributed by atoms with Crippen LogP contribution in [0, 0.1) is 0 Å². The Balaban J connectivity index is 1.62. The summed E-state index contributed by atoms with van der Waals surface area (Å²) in [7, 11) is 1.54. The first-order valence-electron chi connectivity index (χ1n) is 8.51. The van der Waals surface area contributed by atoms with E-state index in [1.54, 1.807) is 25.3 Å². The molecule has 1 aromatic carbocycles. The van der Waals surface area contributed by atoms with Gasteiger partial charge in [-0.15, -0.1) is 11.3 Å². The number of thiophene rings is 2. The zero-order chi connectivity index (χ0) is 20.0. The number of carbonyl (C=O) groups excluding carboxylic acids is 2. The molecule has 8 heteroatoms. The molecule has 0 saturated heterocycles. The van der Waals surface area contributed by atoms with Crippen LogP contribution < -0.4 is 15.4 Å². The number of benzene rings is 1. The SMILES string of the molecule is COc1ccccc1CNC(=O)C(=O)NC[C@](O)(c1ccsc1)c1cccs1. The summed E-state index contributed by atoms with van der Waals surface area (Å²) in [5.41, 5.74) is 0.0569. The molecule has 6 nitrogen and oxygen atoms in total. The summed E-state index contributed by atoms with van der Waals surface area (Å²) in [5.74, 6) is -0.947. The lowest BCUT2D eigenvalue weighted by Gasteiger charge is -2.26. The van der Waals surface area contributed by atoms with Crippen LogP contribution in [0.1, 0.15) is 16.0 Å². The maximum atomic E-state index is 12.2. The van der Waals surface area contributed by atoms with Crippen LogP contribution in [0.2, 0.25) is 0 Å². The van der Waals surface area contributed by atoms with E-state index in [1.807, 2.05) is 40.4 Å². The average Bonchev–Trinajstić information content (AvgIpc) is 3.44. The number of amides is 2. The molecule has 0 radical (unpaired) electrons. The Morgan fingerprint density at radius 1 is 1.07 bits per heavy atom. The summed E-state index contributed by atoms with van der Waals surface area (Å²) in [6, 6.07) is 12.7. The molecule has 0 spiro atoms. The molecule has 0 aliphatic carbocycles. The van der Waals surface area contributed by atoms with Gasteiger partial charge in [0.15, 0.2) is 0 Å². The first-order chi connectivity index (χ1) is 13.5. The fourth-order valence-electron chi connectivity index (χ4n) is 2.74. The summed E-state index contributed by atoms with van der Waals surface area (Å²) in [6.45, 7) is 0.0567. The van der Waals surface area contributed by atoms with E-state index in [1.165, 1.54) is 22.7 Å². The smallest absolute Gasteiger partial charge is 0.309 e. The molecule has 28 heavy (non-hydrogen) atoms. The first-order valence-corrected chi connectivity index (χ1v) is 10.3. The normalized spacial score (nSPS) is 12.8. The molecule has 0 bridgehead atoms. The quantitative estimate of drug-likeness (QED) is 0.517. The van der Waals surface area contributed by atoms with Crippen LogP contribution in [0.5, 0.6) is 5.75 Å². The Kier molecular flexibility index (Phi) is 6.45. The highest BCUT2D eigenvalue weighted by Gasteiger charge is 2.34. The topological polar surface area (TPSA) is 87.7 Å². The monoisotopic (exact) mass is 416 g/mol. The lowest BCUT2D eigenvalue weighted by Crippen LogP contribution is -2.46. The number of rotatable bonds is 7. The third-order valence-electron chi connectivity index (χ3n) is 4.27. The van der Waals surface area contributed by atoms with Crippen LogP contribution in [0.25, 0.3) is 0 Å². The molecule has 0 saturated carbocycles. The summed E-state index contributed by atoms with van der Waals surface area (Å²) in [6.07, 6.45) is 0. The number of para-hydroxylation sites is 1. The second-order valence-corrected chi connectivity index (χ2v) is 7.75. The average molecular weight is 417 g/mol. The van der Waals surface area contributed by atoms with Gasteiger partial charge in [0.1, 0.15) is 11.4 Å². The molecule has 3 aromatic rings. The molecule has 1 atom stereocenters. The van der Waals surface area contributed by atoms with Crippen LogP contribution in [0.15, 0.2) is 58.6 Å². The Morgan fingerprint density at radius 3 is 2.54 bits per heavy atom. The minimum atomic E-state index is -1.38. The number of nitrogens with one attached hydrogen (secondary N) is 2. The lowest BCUT2D eigenvalue weighted by atomic mass is 9.94. The second kappa shape index (κ2) is 9.01. The molecule has 3 N–H and O–H groups in total. The van der Waals surface area contributed by atoms with Gasteiger partial charge in [0.25, 0.3) is 0 Å². The fraction of sp³-hybridized carbons (Fsp3) is 0.200. The first kappa shape index (κ1) is 20.1. The highest BCUT2D eigenvalue weighted by Crippen LogP contribution is 2.33. The van der Waals surface area contributed by atoms with Crippen molar-refractivity contribution in [2.45, 2.75) is 12.1 Å². The molecule has 2 heterocycles. The van der Waals surface area contributed by atoms with E-state index >= 15 is 0 Å². The van der Waals surface area contributed by atoms with Gasteiger partial charge >= 0.3 is 11.8 Å². The maximum Gasteiger partial charge on any atom is 0.309 e. The van der Waals surface area contributed by atoms with Crippen LogP contribution in [-0.2, 0) is 21.7 Å². The Morgan fingerprint density at radius 2 is 1.86 bits per heavy atom. The number of aliphatic hydroxyl groups is 1. The van der Waals surface area contributed by atoms with Gasteiger partial charge in [0.05, 0.1) is 13.7 Å². The molecule has 146 valence electrons. The van der Waals surface area contributed by atoms with Gasteiger partial charge in [-0.2, -0.15) is 11.3 Å². The predicted molar refractivity (Wildman–Crippen MR) is 109 cm³/mol. The zero-order valence-electron chi connectivity index (χ0n) is 15.2. The number of hydrogen-bond donors (Lipinski definition) is 3. The number of ether oxygens (including phenoxy) is 1. The van der Waals surface area contributed by atoms with Gasteiger partial charge < -0.3 is 20.5 Å². The Bertz CT molecular complexity index is 889. The number of methoxy groups -OCH3 is 1. The van der Waals surface area contributed by atoms with Crippen LogP contribution in [-0.4, -0.2) is 30.6 Å². The van der Waals surface area contributed by atoms with Gasteiger partial charge in [-0.3, -0.25) is 9.59 Å². The zero-order valence-corrected chi connectivity index (χ0v) is 16.8. The van der Waals surface area contributed by atoms with Crippen molar-refractivity contribution in [2.24, 2.45) is 0 Å². The third kappa shape index (κ3) is 4.41. The van der Waals surface area contributed by atoms with Crippen molar-refractivity contribution in [1.82, 2.24) is 10.6 Å². The van der Waals surface area contributed by atoms with Gasteiger partial charge in [-0.05, 0) is 34.3 Å². The van der Waals surface area contributed by atoms with E-state index in [0.29, 0.717) is 16.2 Å². The Hall–Kier alpha value is -2.68. The summed E-state index contributed by atoms with van der Waals surface area (Å²) < 4.78 is 5.23. The maximum absolute atomic E-state index is 12.2.